The summed E-state index contributed by atoms with van der Waals surface area (Å²) in [6.45, 7) is 2.66. The van der Waals surface area contributed by atoms with Crippen molar-refractivity contribution in [1.82, 2.24) is 14.8 Å². The standard InChI is InChI=1S/C13H16FN3O2.C2HF3O2/c1-16-4-5-19-12-8-17(7-11(12)16)13(18)9-2-3-15-6-10(9)14;3-2(4,5)1(6)7/h2-3,6,11-12H,4-5,7-8H2,1H3;(H,6,7)/t11-,12+;/m1./s1. The van der Waals surface area contributed by atoms with Crippen molar-refractivity contribution in [3.8, 4) is 0 Å². The van der Waals surface area contributed by atoms with Crippen LogP contribution < -0.4 is 0 Å². The molecule has 144 valence electrons. The normalized spacial score (nSPS) is 23.0. The van der Waals surface area contributed by atoms with Gasteiger partial charge in [0.1, 0.15) is 0 Å². The van der Waals surface area contributed by atoms with Gasteiger partial charge in [-0.3, -0.25) is 14.7 Å². The van der Waals surface area contributed by atoms with Crippen molar-refractivity contribution in [1.29, 1.82) is 0 Å². The van der Waals surface area contributed by atoms with Gasteiger partial charge in [-0.1, -0.05) is 0 Å². The molecule has 1 amide bonds. The van der Waals surface area contributed by atoms with Gasteiger partial charge in [0.25, 0.3) is 5.91 Å². The Morgan fingerprint density at radius 3 is 2.54 bits per heavy atom. The van der Waals surface area contributed by atoms with Crippen LogP contribution in [0.25, 0.3) is 0 Å². The Labute approximate surface area is 146 Å². The molecule has 0 bridgehead atoms. The molecule has 0 unspecified atom stereocenters. The maximum Gasteiger partial charge on any atom is 0.490 e. The Bertz CT molecular complexity index is 671. The molecular weight excluding hydrogens is 362 g/mol. The van der Waals surface area contributed by atoms with Gasteiger partial charge in [0, 0.05) is 25.8 Å². The number of likely N-dealkylation sites (N-methyl/N-ethyl adjacent to an activating group) is 1. The summed E-state index contributed by atoms with van der Waals surface area (Å²) in [7, 11) is 2.03. The van der Waals surface area contributed by atoms with Gasteiger partial charge in [-0.15, -0.1) is 0 Å². The lowest BCUT2D eigenvalue weighted by Crippen LogP contribution is -2.48. The van der Waals surface area contributed by atoms with Crippen molar-refractivity contribution >= 4 is 11.9 Å². The predicted molar refractivity (Wildman–Crippen MR) is 79.9 cm³/mol. The number of morpholine rings is 1. The molecule has 0 aromatic carbocycles. The quantitative estimate of drug-likeness (QED) is 0.734. The van der Waals surface area contributed by atoms with Crippen LogP contribution in [0.4, 0.5) is 17.6 Å². The highest BCUT2D eigenvalue weighted by Crippen LogP contribution is 2.23. The van der Waals surface area contributed by atoms with Crippen LogP contribution in [0.15, 0.2) is 18.5 Å². The van der Waals surface area contributed by atoms with E-state index >= 15 is 0 Å². The molecule has 3 heterocycles. The number of ether oxygens (including phenoxy) is 1. The van der Waals surface area contributed by atoms with E-state index in [1.807, 2.05) is 7.05 Å². The van der Waals surface area contributed by atoms with E-state index in [9.17, 15) is 22.4 Å². The highest BCUT2D eigenvalue weighted by Gasteiger charge is 2.41. The number of carbonyl (C=O) groups is 2. The second kappa shape index (κ2) is 7.96. The number of alkyl halides is 3. The first-order chi connectivity index (χ1) is 12.1. The Hall–Kier alpha value is -2.27. The van der Waals surface area contributed by atoms with Crippen molar-refractivity contribution in [2.45, 2.75) is 18.3 Å². The van der Waals surface area contributed by atoms with E-state index in [0.29, 0.717) is 19.7 Å². The summed E-state index contributed by atoms with van der Waals surface area (Å²) < 4.78 is 51.0. The summed E-state index contributed by atoms with van der Waals surface area (Å²) in [5.74, 6) is -3.62. The van der Waals surface area contributed by atoms with Crippen LogP contribution in [0.1, 0.15) is 10.4 Å². The number of fused-ring (bicyclic) bond motifs is 1. The third-order valence-corrected chi connectivity index (χ3v) is 4.11. The number of carboxylic acids is 1. The van der Waals surface area contributed by atoms with E-state index in [1.165, 1.54) is 12.3 Å². The summed E-state index contributed by atoms with van der Waals surface area (Å²) in [5, 5.41) is 7.12. The minimum Gasteiger partial charge on any atom is -0.475 e. The van der Waals surface area contributed by atoms with Gasteiger partial charge in [-0.2, -0.15) is 13.2 Å². The van der Waals surface area contributed by atoms with E-state index in [4.69, 9.17) is 14.6 Å². The van der Waals surface area contributed by atoms with Gasteiger partial charge in [0.05, 0.1) is 30.5 Å². The SMILES string of the molecule is CN1CCO[C@H]2CN(C(=O)c3ccncc3F)C[C@H]21.O=C(O)C(F)(F)F. The first-order valence-electron chi connectivity index (χ1n) is 7.62. The maximum atomic E-state index is 13.6. The monoisotopic (exact) mass is 379 g/mol. The van der Waals surface area contributed by atoms with Crippen molar-refractivity contribution in [2.75, 3.05) is 33.3 Å². The Morgan fingerprint density at radius 1 is 1.35 bits per heavy atom. The minimum atomic E-state index is -5.08. The molecule has 2 fully saturated rings. The minimum absolute atomic E-state index is 0.0348. The Morgan fingerprint density at radius 2 is 2.00 bits per heavy atom. The number of carbonyl (C=O) groups excluding carboxylic acids is 1. The molecule has 0 aliphatic carbocycles. The summed E-state index contributed by atoms with van der Waals surface area (Å²) >= 11 is 0. The number of likely N-dealkylation sites (tertiary alicyclic amines) is 1. The molecule has 1 aromatic heterocycles. The Kier molecular flexibility index (Phi) is 6.13. The van der Waals surface area contributed by atoms with E-state index in [2.05, 4.69) is 9.88 Å². The smallest absolute Gasteiger partial charge is 0.475 e. The van der Waals surface area contributed by atoms with E-state index in [1.54, 1.807) is 4.90 Å². The lowest BCUT2D eigenvalue weighted by molar-refractivity contribution is -0.192. The van der Waals surface area contributed by atoms with Crippen LogP contribution in [0.3, 0.4) is 0 Å². The topological polar surface area (TPSA) is 83.0 Å². The number of nitrogens with zero attached hydrogens (tertiary/aromatic N) is 3. The van der Waals surface area contributed by atoms with E-state index < -0.39 is 18.0 Å². The van der Waals surface area contributed by atoms with Crippen molar-refractivity contribution in [3.63, 3.8) is 0 Å². The predicted octanol–water partition coefficient (Wildman–Crippen LogP) is 1.01. The van der Waals surface area contributed by atoms with Crippen LogP contribution in [0.5, 0.6) is 0 Å². The van der Waals surface area contributed by atoms with Gasteiger partial charge in [-0.25, -0.2) is 9.18 Å². The van der Waals surface area contributed by atoms with Crippen LogP contribution in [0, 0.1) is 5.82 Å². The molecule has 2 aliphatic rings. The van der Waals surface area contributed by atoms with Crippen molar-refractivity contribution in [3.05, 3.63) is 29.8 Å². The van der Waals surface area contributed by atoms with Gasteiger partial charge < -0.3 is 14.7 Å². The molecule has 1 aromatic rings. The second-order valence-electron chi connectivity index (χ2n) is 5.83. The Balaban J connectivity index is 0.000000298. The number of hydrogen-bond acceptors (Lipinski definition) is 5. The second-order valence-corrected chi connectivity index (χ2v) is 5.83. The van der Waals surface area contributed by atoms with Crippen molar-refractivity contribution < 1.29 is 37.0 Å². The molecule has 0 spiro atoms. The number of hydrogen-bond donors (Lipinski definition) is 1. The largest absolute Gasteiger partial charge is 0.490 e. The fourth-order valence-corrected chi connectivity index (χ4v) is 2.74. The lowest BCUT2D eigenvalue weighted by atomic mass is 10.1. The molecule has 2 atom stereocenters. The highest BCUT2D eigenvalue weighted by molar-refractivity contribution is 5.94. The number of amides is 1. The molecule has 3 rings (SSSR count). The molecule has 26 heavy (non-hydrogen) atoms. The van der Waals surface area contributed by atoms with Crippen LogP contribution >= 0.6 is 0 Å². The summed E-state index contributed by atoms with van der Waals surface area (Å²) in [6, 6.07) is 1.63. The van der Waals surface area contributed by atoms with Crippen LogP contribution in [-0.2, 0) is 9.53 Å². The number of pyridine rings is 1. The number of carboxylic acid groups (broad SMARTS) is 1. The fourth-order valence-electron chi connectivity index (χ4n) is 2.74. The fraction of sp³-hybridized carbons (Fsp3) is 0.533. The van der Waals surface area contributed by atoms with Crippen LogP contribution in [-0.4, -0.2) is 83.4 Å². The first kappa shape index (κ1) is 20.0. The van der Waals surface area contributed by atoms with Gasteiger partial charge in [0.15, 0.2) is 5.82 Å². The number of rotatable bonds is 1. The van der Waals surface area contributed by atoms with E-state index in [0.717, 1.165) is 12.7 Å². The third kappa shape index (κ3) is 4.67. The summed E-state index contributed by atoms with van der Waals surface area (Å²) in [5.41, 5.74) is 0.0799. The zero-order valence-electron chi connectivity index (χ0n) is 13.7. The molecule has 2 saturated heterocycles. The van der Waals surface area contributed by atoms with Gasteiger partial charge >= 0.3 is 12.1 Å². The molecule has 7 nitrogen and oxygen atoms in total. The zero-order chi connectivity index (χ0) is 19.5. The molecule has 11 heteroatoms. The molecule has 1 N–H and O–H groups in total. The summed E-state index contributed by atoms with van der Waals surface area (Å²) in [4.78, 5) is 28.7. The number of aromatic nitrogens is 1. The average Bonchev–Trinajstić information content (AvgIpc) is 3.00. The van der Waals surface area contributed by atoms with Gasteiger partial charge in [-0.05, 0) is 13.1 Å². The zero-order valence-corrected chi connectivity index (χ0v) is 13.7. The highest BCUT2D eigenvalue weighted by atomic mass is 19.4. The number of aliphatic carboxylic acids is 1. The molecule has 2 aliphatic heterocycles. The third-order valence-electron chi connectivity index (χ3n) is 4.11. The van der Waals surface area contributed by atoms with E-state index in [-0.39, 0.29) is 23.6 Å². The first-order valence-corrected chi connectivity index (χ1v) is 7.62. The molecule has 0 saturated carbocycles. The van der Waals surface area contributed by atoms with Crippen molar-refractivity contribution in [2.24, 2.45) is 0 Å². The molecular formula is C15H17F4N3O4. The van der Waals surface area contributed by atoms with Gasteiger partial charge in [0.2, 0.25) is 0 Å². The molecule has 0 radical (unpaired) electrons. The number of halogens is 4. The maximum absolute atomic E-state index is 13.6. The van der Waals surface area contributed by atoms with Crippen LogP contribution in [0.2, 0.25) is 0 Å². The lowest BCUT2D eigenvalue weighted by Gasteiger charge is -2.33. The average molecular weight is 379 g/mol. The summed E-state index contributed by atoms with van der Waals surface area (Å²) in [6.07, 6.45) is -2.55.